The number of benzene rings is 4. The maximum atomic E-state index is 8.96. The van der Waals surface area contributed by atoms with E-state index in [-0.39, 0.29) is 32.6 Å². The van der Waals surface area contributed by atoms with E-state index in [1.165, 1.54) is 5.32 Å². The highest BCUT2D eigenvalue weighted by molar-refractivity contribution is 5.34. The monoisotopic (exact) mass is 619 g/mol. The minimum Gasteiger partial charge on any atom is -1.00 e. The van der Waals surface area contributed by atoms with Gasteiger partial charge in [0.05, 0.1) is 47.7 Å². The van der Waals surface area contributed by atoms with Gasteiger partial charge in [-0.2, -0.15) is 0 Å². The number of para-hydroxylation sites is 2. The number of hydrogen-bond donors (Lipinski definition) is 2. The van der Waals surface area contributed by atoms with Crippen LogP contribution in [0.15, 0.2) is 109 Å². The van der Waals surface area contributed by atoms with Crippen molar-refractivity contribution in [2.24, 2.45) is 0 Å². The summed E-state index contributed by atoms with van der Waals surface area (Å²) in [4.78, 5) is 0. The van der Waals surface area contributed by atoms with Gasteiger partial charge in [-0.05, 0) is 61.5 Å². The Morgan fingerprint density at radius 2 is 1.20 bits per heavy atom. The summed E-state index contributed by atoms with van der Waals surface area (Å²) in [5, 5.41) is 1.18. The molecule has 0 heterocycles. The number of nitrogens with one attached hydrogen (secondary N) is 1. The maximum absolute atomic E-state index is 8.96. The van der Waals surface area contributed by atoms with Gasteiger partial charge in [0.15, 0.2) is 0 Å². The van der Waals surface area contributed by atoms with Crippen LogP contribution >= 0.6 is 0 Å². The molecule has 4 rings (SSSR count). The molecule has 0 aliphatic heterocycles. The fourth-order valence-corrected chi connectivity index (χ4v) is 2.15. The highest BCUT2D eigenvalue weighted by Gasteiger charge is 2.15. The first-order valence-electron chi connectivity index (χ1n) is 29.9. The van der Waals surface area contributed by atoms with Gasteiger partial charge in [-0.15, -0.1) is 0 Å². The van der Waals surface area contributed by atoms with Crippen LogP contribution in [-0.4, -0.2) is 26.9 Å². The van der Waals surface area contributed by atoms with E-state index >= 15 is 0 Å². The molecule has 0 fully saturated rings. The molecule has 0 bridgehead atoms. The average molecular weight is 620 g/mol. The number of ether oxygens (including phenoxy) is 2. The van der Waals surface area contributed by atoms with E-state index < -0.39 is 208 Å². The van der Waals surface area contributed by atoms with Crippen LogP contribution in [0.1, 0.15) is 117 Å². The zero-order valence-electron chi connectivity index (χ0n) is 59.3. The molecule has 4 nitrogen and oxygen atoms in total. The lowest BCUT2D eigenvalue weighted by molar-refractivity contribution is -0.628. The van der Waals surface area contributed by atoms with Gasteiger partial charge >= 0.3 is 0 Å². The van der Waals surface area contributed by atoms with Crippen LogP contribution in [0.3, 0.4) is 0 Å². The van der Waals surface area contributed by atoms with Gasteiger partial charge < -0.3 is 32.5 Å². The van der Waals surface area contributed by atoms with Crippen LogP contribution in [0.2, 0.25) is 0 Å². The summed E-state index contributed by atoms with van der Waals surface area (Å²) >= 11 is 0. The topological polar surface area (TPSA) is 47.1 Å². The predicted molar refractivity (Wildman–Crippen MR) is 171 cm³/mol. The van der Waals surface area contributed by atoms with Crippen LogP contribution in [0, 0.1) is 13.7 Å². The molecule has 0 aliphatic carbocycles. The Morgan fingerprint density at radius 3 is 1.66 bits per heavy atom. The van der Waals surface area contributed by atoms with E-state index in [2.05, 4.69) is 0 Å². The minimum absolute atomic E-state index is 0. The van der Waals surface area contributed by atoms with Gasteiger partial charge in [-0.25, -0.2) is 0 Å². The van der Waals surface area contributed by atoms with Crippen molar-refractivity contribution in [2.75, 3.05) is 26.9 Å². The molecule has 2 atom stereocenters. The maximum Gasteiger partial charge on any atom is 0.129 e. The van der Waals surface area contributed by atoms with E-state index in [1.807, 2.05) is 0 Å². The molecule has 0 unspecified atom stereocenters. The van der Waals surface area contributed by atoms with Gasteiger partial charge in [0.2, 0.25) is 0 Å². The van der Waals surface area contributed by atoms with Crippen molar-refractivity contribution < 1.29 is 82.0 Å². The molecule has 0 spiro atoms. The molecule has 0 saturated heterocycles. The molecule has 0 saturated carbocycles. The van der Waals surface area contributed by atoms with Gasteiger partial charge in [-0.1, -0.05) is 112 Å². The van der Waals surface area contributed by atoms with Crippen LogP contribution in [-0.2, 0) is 0 Å². The molecule has 4 aromatic rings. The summed E-state index contributed by atoms with van der Waals surface area (Å²) in [5.41, 5.74) is -5.34. The molecule has 0 aromatic heterocycles. The molecule has 224 valence electrons. The minimum atomic E-state index is -4.08. The van der Waals surface area contributed by atoms with Crippen LogP contribution in [0.5, 0.6) is 11.5 Å². The van der Waals surface area contributed by atoms with Crippen molar-refractivity contribution in [3.63, 3.8) is 0 Å². The van der Waals surface area contributed by atoms with Gasteiger partial charge in [0, 0.05) is 33.3 Å². The van der Waals surface area contributed by atoms with Crippen LogP contribution < -0.4 is 32.5 Å². The van der Waals surface area contributed by atoms with E-state index in [0.717, 1.165) is 0 Å². The standard InChI is InChI=1S/2C17H21NO.2CH4.ClH/c2*1-14-8-6-7-11-16(14)19-17(12-13-18-2)15-9-4-3-5-10-15;;;/h2*3-11,17-18H,12-13H2,1-2H3;2*1H4;1H/t2*17-;;;/m11.../s1/i2*1D3,2D3,3D,4D,5D,6D,7D,8D,9D,10D,11D,12D2,13D2,17D;;;. The number of hydrogen-bond acceptors (Lipinski definition) is 3. The van der Waals surface area contributed by atoms with E-state index in [1.54, 1.807) is 0 Å². The Balaban J connectivity index is 0.00000152. The predicted octanol–water partition coefficient (Wildman–Crippen LogP) is 4.70. The summed E-state index contributed by atoms with van der Waals surface area (Å²) in [6.07, 6.45) is -16.0. The first-order valence-corrected chi connectivity index (χ1v) is 9.89. The molecular formula is C36H51ClN2O2. The smallest absolute Gasteiger partial charge is 0.129 e. The van der Waals surface area contributed by atoms with Crippen LogP contribution in [0.25, 0.3) is 0 Å². The summed E-state index contributed by atoms with van der Waals surface area (Å²) in [6.45, 7) is -21.0. The SMILES string of the molecule is C.C.[2H]c1c([2H])c([2H])c([C@]([2H])(Oc2c([2H])c([2H])c([2H])c([2H])c2C([2H])([2H])[2H])C([2H])([2H])C([2H])([2H])NC([2H])([2H])[2H])c([2H])c1[2H].[2H]c1c([2H])c([2H])c([C@]([2H])(Oc2c([2H])c([2H])c([2H])c([2H])c2C([2H])([2H])[2H])C([2H])([2H])C([2H])([2H])[NH2+]C([2H])([2H])[2H])c([2H])c1[2H].[Cl-]. The molecule has 4 aromatic carbocycles. The number of halogens is 1. The molecular weight excluding hydrogens is 528 g/mol. The highest BCUT2D eigenvalue weighted by Crippen LogP contribution is 2.28. The second kappa shape index (κ2) is 21.4. The normalized spacial score (nSPS) is 29.5. The van der Waals surface area contributed by atoms with E-state index in [0.29, 0.717) is 0 Å². The Kier molecular flexibility index (Phi) is 4.51. The second-order valence-electron chi connectivity index (χ2n) is 6.06. The molecule has 0 amide bonds. The lowest BCUT2D eigenvalue weighted by atomic mass is 10.1. The zero-order valence-corrected chi connectivity index (χ0v) is 20.0. The Labute approximate surface area is 312 Å². The number of rotatable bonds is 12. The van der Waals surface area contributed by atoms with Gasteiger partial charge in [-0.3, -0.25) is 0 Å². The molecule has 3 N–H and O–H groups in total. The fraction of sp³-hybridized carbons (Fsp3) is 0.333. The van der Waals surface area contributed by atoms with Gasteiger partial charge in [0.1, 0.15) is 23.7 Å². The molecule has 5 heteroatoms. The first kappa shape index (κ1) is 8.63. The molecule has 0 aliphatic rings. The van der Waals surface area contributed by atoms with E-state index in [9.17, 15) is 0 Å². The van der Waals surface area contributed by atoms with E-state index in [4.69, 9.17) is 64.3 Å². The zero-order chi connectivity index (χ0) is 61.7. The fourth-order valence-electron chi connectivity index (χ4n) is 2.15. The third kappa shape index (κ3) is 12.8. The number of nitrogens with two attached hydrogens (primary N) is 1. The largest absolute Gasteiger partial charge is 1.00 e. The Hall–Kier alpha value is -3.31. The van der Waals surface area contributed by atoms with Crippen molar-refractivity contribution in [3.8, 4) is 11.5 Å². The summed E-state index contributed by atoms with van der Waals surface area (Å²) in [6, 6.07) is -21.0. The molecule has 0 radical (unpaired) electrons. The average Bonchev–Trinajstić information content (AvgIpc) is 3.26. The van der Waals surface area contributed by atoms with Crippen molar-refractivity contribution in [3.05, 3.63) is 131 Å². The lowest BCUT2D eigenvalue weighted by Crippen LogP contribution is -3.00. The second-order valence-corrected chi connectivity index (χ2v) is 6.06. The first-order chi connectivity index (χ1) is 34.5. The highest BCUT2D eigenvalue weighted by atomic mass is 35.5. The van der Waals surface area contributed by atoms with Crippen molar-refractivity contribution in [1.29, 1.82) is 0 Å². The van der Waals surface area contributed by atoms with Crippen molar-refractivity contribution >= 4 is 0 Å². The van der Waals surface area contributed by atoms with Crippen molar-refractivity contribution in [1.82, 2.24) is 5.32 Å². The Morgan fingerprint density at radius 1 is 0.732 bits per heavy atom. The third-order valence-electron chi connectivity index (χ3n) is 3.66. The van der Waals surface area contributed by atoms with Crippen LogP contribution in [0.4, 0.5) is 0 Å². The molecule has 41 heavy (non-hydrogen) atoms. The summed E-state index contributed by atoms with van der Waals surface area (Å²) < 4.78 is 329. The third-order valence-corrected chi connectivity index (χ3v) is 3.66. The number of quaternary nitrogens is 1. The lowest BCUT2D eigenvalue weighted by Gasteiger charge is -2.20. The van der Waals surface area contributed by atoms with Gasteiger partial charge in [0.25, 0.3) is 0 Å². The quantitative estimate of drug-likeness (QED) is 0.242. The van der Waals surface area contributed by atoms with Crippen molar-refractivity contribution in [2.45, 2.75) is 53.5 Å². The summed E-state index contributed by atoms with van der Waals surface area (Å²) in [7, 11) is 0. The summed E-state index contributed by atoms with van der Waals surface area (Å²) in [5.74, 6) is -2.80. The Bertz CT molecular complexity index is 2750.